The Hall–Kier alpha value is -1.10. The molecule has 3 amide bonds. The van der Waals surface area contributed by atoms with E-state index in [9.17, 15) is 9.59 Å². The van der Waals surface area contributed by atoms with E-state index in [4.69, 9.17) is 0 Å². The fourth-order valence-corrected chi connectivity index (χ4v) is 1.93. The van der Waals surface area contributed by atoms with Gasteiger partial charge in [-0.2, -0.15) is 0 Å². The maximum absolute atomic E-state index is 11.3. The number of hydrogen-bond acceptors (Lipinski definition) is 3. The minimum Gasteiger partial charge on any atom is -0.326 e. The van der Waals surface area contributed by atoms with Crippen molar-refractivity contribution in [1.82, 2.24) is 16.0 Å². The van der Waals surface area contributed by atoms with Crippen LogP contribution in [0.5, 0.6) is 0 Å². The average molecular weight is 183 g/mol. The van der Waals surface area contributed by atoms with Crippen molar-refractivity contribution in [3.8, 4) is 0 Å². The molecule has 2 fully saturated rings. The van der Waals surface area contributed by atoms with Crippen LogP contribution in [-0.4, -0.2) is 31.1 Å². The Kier molecular flexibility index (Phi) is 2.18. The van der Waals surface area contributed by atoms with E-state index in [1.54, 1.807) is 0 Å². The van der Waals surface area contributed by atoms with E-state index in [0.717, 1.165) is 25.9 Å². The largest absolute Gasteiger partial charge is 0.326 e. The number of urea groups is 1. The Balaban J connectivity index is 1.99. The van der Waals surface area contributed by atoms with E-state index >= 15 is 0 Å². The highest BCUT2D eigenvalue weighted by atomic mass is 16.2. The number of carbonyl (C=O) groups excluding carboxylic acids is 2. The highest BCUT2D eigenvalue weighted by molar-refractivity contribution is 6.04. The van der Waals surface area contributed by atoms with Crippen LogP contribution >= 0.6 is 0 Å². The fourth-order valence-electron chi connectivity index (χ4n) is 1.93. The monoisotopic (exact) mass is 183 g/mol. The van der Waals surface area contributed by atoms with Gasteiger partial charge in [-0.05, 0) is 19.4 Å². The summed E-state index contributed by atoms with van der Waals surface area (Å²) in [6.07, 6.45) is 2.08. The molecule has 2 aliphatic heterocycles. The molecule has 2 saturated heterocycles. The van der Waals surface area contributed by atoms with E-state index in [1.807, 2.05) is 0 Å². The zero-order chi connectivity index (χ0) is 9.26. The second-order valence-corrected chi connectivity index (χ2v) is 3.55. The third kappa shape index (κ3) is 1.65. The maximum Gasteiger partial charge on any atom is 0.322 e. The molecule has 0 bridgehead atoms. The van der Waals surface area contributed by atoms with Crippen molar-refractivity contribution in [2.45, 2.75) is 18.9 Å². The van der Waals surface area contributed by atoms with Crippen LogP contribution in [0.1, 0.15) is 12.8 Å². The first kappa shape index (κ1) is 8.50. The molecule has 5 heteroatoms. The van der Waals surface area contributed by atoms with Gasteiger partial charge in [0, 0.05) is 12.5 Å². The molecule has 2 heterocycles. The molecule has 0 radical (unpaired) electrons. The number of carbonyl (C=O) groups is 2. The summed E-state index contributed by atoms with van der Waals surface area (Å²) in [6, 6.07) is -0.680. The Labute approximate surface area is 76.3 Å². The first-order valence-corrected chi connectivity index (χ1v) is 4.59. The van der Waals surface area contributed by atoms with Crippen LogP contribution in [0.4, 0.5) is 4.79 Å². The molecule has 2 atom stereocenters. The van der Waals surface area contributed by atoms with Gasteiger partial charge in [0.25, 0.3) is 5.91 Å². The Morgan fingerprint density at radius 3 is 2.69 bits per heavy atom. The van der Waals surface area contributed by atoms with Crippen LogP contribution in [0.2, 0.25) is 0 Å². The smallest absolute Gasteiger partial charge is 0.322 e. The van der Waals surface area contributed by atoms with Gasteiger partial charge in [0.15, 0.2) is 0 Å². The fraction of sp³-hybridized carbons (Fsp3) is 0.750. The van der Waals surface area contributed by atoms with Crippen molar-refractivity contribution in [2.75, 3.05) is 13.1 Å². The van der Waals surface area contributed by atoms with Crippen molar-refractivity contribution < 1.29 is 9.59 Å². The zero-order valence-corrected chi connectivity index (χ0v) is 7.30. The minimum absolute atomic E-state index is 0.182. The van der Waals surface area contributed by atoms with Gasteiger partial charge in [-0.1, -0.05) is 0 Å². The highest BCUT2D eigenvalue weighted by Crippen LogP contribution is 2.16. The van der Waals surface area contributed by atoms with Gasteiger partial charge in [0.2, 0.25) is 0 Å². The molecule has 0 aliphatic carbocycles. The quantitative estimate of drug-likeness (QED) is 0.466. The van der Waals surface area contributed by atoms with Gasteiger partial charge in [0.05, 0.1) is 0 Å². The Bertz CT molecular complexity index is 236. The number of piperidine rings is 1. The van der Waals surface area contributed by atoms with E-state index in [0.29, 0.717) is 0 Å². The van der Waals surface area contributed by atoms with Gasteiger partial charge >= 0.3 is 6.03 Å². The highest BCUT2D eigenvalue weighted by Gasteiger charge is 2.36. The molecule has 0 aromatic rings. The van der Waals surface area contributed by atoms with E-state index < -0.39 is 0 Å². The van der Waals surface area contributed by atoms with Crippen LogP contribution in [0.15, 0.2) is 0 Å². The number of amides is 3. The lowest BCUT2D eigenvalue weighted by Gasteiger charge is -2.25. The Morgan fingerprint density at radius 2 is 2.15 bits per heavy atom. The third-order valence-corrected chi connectivity index (χ3v) is 2.61. The SMILES string of the molecule is O=C1NC(=O)[C@@H]([C@H]2CCCNC2)N1. The summed E-state index contributed by atoms with van der Waals surface area (Å²) in [6.45, 7) is 1.83. The van der Waals surface area contributed by atoms with Crippen LogP contribution in [0.25, 0.3) is 0 Å². The topological polar surface area (TPSA) is 70.2 Å². The van der Waals surface area contributed by atoms with E-state index in [2.05, 4.69) is 16.0 Å². The lowest BCUT2D eigenvalue weighted by atomic mass is 9.92. The van der Waals surface area contributed by atoms with Crippen molar-refractivity contribution in [3.63, 3.8) is 0 Å². The predicted molar refractivity (Wildman–Crippen MR) is 46.1 cm³/mol. The van der Waals surface area contributed by atoms with E-state index in [-0.39, 0.29) is 23.9 Å². The lowest BCUT2D eigenvalue weighted by molar-refractivity contribution is -0.121. The number of nitrogens with one attached hydrogen (secondary N) is 3. The molecule has 5 nitrogen and oxygen atoms in total. The van der Waals surface area contributed by atoms with Crippen molar-refractivity contribution in [2.24, 2.45) is 5.92 Å². The number of hydrogen-bond donors (Lipinski definition) is 3. The van der Waals surface area contributed by atoms with Gasteiger partial charge < -0.3 is 10.6 Å². The molecule has 13 heavy (non-hydrogen) atoms. The van der Waals surface area contributed by atoms with Crippen molar-refractivity contribution in [3.05, 3.63) is 0 Å². The van der Waals surface area contributed by atoms with Crippen molar-refractivity contribution in [1.29, 1.82) is 0 Å². The molecule has 2 rings (SSSR count). The second kappa shape index (κ2) is 3.33. The van der Waals surface area contributed by atoms with Gasteiger partial charge in [-0.3, -0.25) is 10.1 Å². The molecular weight excluding hydrogens is 170 g/mol. The first-order chi connectivity index (χ1) is 6.27. The summed E-state index contributed by atoms with van der Waals surface area (Å²) in [7, 11) is 0. The summed E-state index contributed by atoms with van der Waals surface area (Å²) in [4.78, 5) is 22.1. The molecule has 0 aromatic carbocycles. The van der Waals surface area contributed by atoms with Crippen LogP contribution in [-0.2, 0) is 4.79 Å². The summed E-state index contributed by atoms with van der Waals surface area (Å²) < 4.78 is 0. The van der Waals surface area contributed by atoms with E-state index in [1.165, 1.54) is 0 Å². The van der Waals surface area contributed by atoms with Crippen molar-refractivity contribution >= 4 is 11.9 Å². The zero-order valence-electron chi connectivity index (χ0n) is 7.30. The van der Waals surface area contributed by atoms with Crippen LogP contribution < -0.4 is 16.0 Å². The second-order valence-electron chi connectivity index (χ2n) is 3.55. The standard InChI is InChI=1S/C8H13N3O2/c12-7-6(10-8(13)11-7)5-2-1-3-9-4-5/h5-6,9H,1-4H2,(H2,10,11,12,13)/t5-,6+/m0/s1. The summed E-state index contributed by atoms with van der Waals surface area (Å²) in [5, 5.41) is 8.10. The first-order valence-electron chi connectivity index (χ1n) is 4.59. The number of imide groups is 1. The normalized spacial score (nSPS) is 34.2. The molecule has 0 aromatic heterocycles. The molecule has 0 spiro atoms. The van der Waals surface area contributed by atoms with Gasteiger partial charge in [-0.15, -0.1) is 0 Å². The molecule has 72 valence electrons. The molecule has 3 N–H and O–H groups in total. The third-order valence-electron chi connectivity index (χ3n) is 2.61. The molecule has 0 saturated carbocycles. The summed E-state index contributed by atoms with van der Waals surface area (Å²) in [5.74, 6) is 0.0684. The van der Waals surface area contributed by atoms with Gasteiger partial charge in [-0.25, -0.2) is 4.79 Å². The summed E-state index contributed by atoms with van der Waals surface area (Å²) >= 11 is 0. The lowest BCUT2D eigenvalue weighted by Crippen LogP contribution is -2.44. The minimum atomic E-state index is -0.361. The van der Waals surface area contributed by atoms with Crippen LogP contribution in [0.3, 0.4) is 0 Å². The molecule has 0 unspecified atom stereocenters. The maximum atomic E-state index is 11.3. The predicted octanol–water partition coefficient (Wildman–Crippen LogP) is -0.806. The van der Waals surface area contributed by atoms with Gasteiger partial charge in [0.1, 0.15) is 6.04 Å². The number of rotatable bonds is 1. The molecule has 2 aliphatic rings. The summed E-state index contributed by atoms with van der Waals surface area (Å²) in [5.41, 5.74) is 0. The molecular formula is C8H13N3O2. The average Bonchev–Trinajstić information content (AvgIpc) is 2.47. The Morgan fingerprint density at radius 1 is 1.31 bits per heavy atom. The van der Waals surface area contributed by atoms with Crippen LogP contribution in [0, 0.1) is 5.92 Å².